The Morgan fingerprint density at radius 2 is 1.54 bits per heavy atom. The minimum Gasteiger partial charge on any atom is -0.497 e. The number of methoxy groups -OCH3 is 2. The highest BCUT2D eigenvalue weighted by molar-refractivity contribution is 5.86. The van der Waals surface area contributed by atoms with Crippen molar-refractivity contribution in [1.82, 2.24) is 4.90 Å². The van der Waals surface area contributed by atoms with Crippen LogP contribution in [0.3, 0.4) is 0 Å². The van der Waals surface area contributed by atoms with E-state index < -0.39 is 17.5 Å². The molecular weight excluding hydrogens is 442 g/mol. The molecule has 0 bridgehead atoms. The Morgan fingerprint density at radius 1 is 0.943 bits per heavy atom. The summed E-state index contributed by atoms with van der Waals surface area (Å²) in [5.74, 6) is 0.455. The summed E-state index contributed by atoms with van der Waals surface area (Å²) in [5, 5.41) is 22.0. The van der Waals surface area contributed by atoms with E-state index in [1.165, 1.54) is 0 Å². The first-order valence-corrected chi connectivity index (χ1v) is 11.9. The molecule has 0 aliphatic heterocycles. The van der Waals surface area contributed by atoms with Crippen molar-refractivity contribution in [3.05, 3.63) is 71.8 Å². The smallest absolute Gasteiger partial charge is 0.310 e. The summed E-state index contributed by atoms with van der Waals surface area (Å²) in [6, 6.07) is 19.1. The SMILES string of the molecule is CC[C@](O)(c1cccc(OC)c1)[C@H](C)CN(C)C.COc1ccc2cc([C@H](C)C(=O)O)ccc2c1. The number of ether oxygens (including phenoxy) is 2. The quantitative estimate of drug-likeness (QED) is 0.419. The minimum absolute atomic E-state index is 0.157. The molecule has 35 heavy (non-hydrogen) atoms. The Balaban J connectivity index is 0.000000247. The average Bonchev–Trinajstić information content (AvgIpc) is 2.86. The van der Waals surface area contributed by atoms with Crippen molar-refractivity contribution in [1.29, 1.82) is 0 Å². The Labute approximate surface area is 209 Å². The number of carbonyl (C=O) groups is 1. The van der Waals surface area contributed by atoms with Crippen molar-refractivity contribution < 1.29 is 24.5 Å². The second-order valence-electron chi connectivity index (χ2n) is 9.21. The molecule has 3 rings (SSSR count). The van der Waals surface area contributed by atoms with Gasteiger partial charge >= 0.3 is 5.97 Å². The third-order valence-electron chi connectivity index (χ3n) is 6.50. The molecule has 0 fully saturated rings. The number of fused-ring (bicyclic) bond motifs is 1. The number of hydrogen-bond acceptors (Lipinski definition) is 5. The van der Waals surface area contributed by atoms with Gasteiger partial charge in [0, 0.05) is 12.5 Å². The van der Waals surface area contributed by atoms with Crippen molar-refractivity contribution in [2.75, 3.05) is 34.9 Å². The van der Waals surface area contributed by atoms with Gasteiger partial charge in [0.25, 0.3) is 0 Å². The molecule has 0 aliphatic carbocycles. The average molecular weight is 482 g/mol. The van der Waals surface area contributed by atoms with E-state index in [0.717, 1.165) is 39.9 Å². The van der Waals surface area contributed by atoms with Crippen LogP contribution in [0.25, 0.3) is 10.8 Å². The predicted molar refractivity (Wildman–Crippen MR) is 141 cm³/mol. The summed E-state index contributed by atoms with van der Waals surface area (Å²) in [5.41, 5.74) is 0.938. The number of aliphatic carboxylic acids is 1. The lowest BCUT2D eigenvalue weighted by atomic mass is 9.80. The lowest BCUT2D eigenvalue weighted by molar-refractivity contribution is -0.138. The van der Waals surface area contributed by atoms with Gasteiger partial charge < -0.3 is 24.6 Å². The van der Waals surface area contributed by atoms with Crippen LogP contribution in [-0.4, -0.2) is 55.9 Å². The highest BCUT2D eigenvalue weighted by Gasteiger charge is 2.34. The number of benzene rings is 3. The first kappa shape index (κ1) is 28.1. The van der Waals surface area contributed by atoms with E-state index in [1.54, 1.807) is 21.1 Å². The molecule has 0 amide bonds. The van der Waals surface area contributed by atoms with Crippen LogP contribution in [0.2, 0.25) is 0 Å². The van der Waals surface area contributed by atoms with Crippen molar-refractivity contribution in [3.63, 3.8) is 0 Å². The molecule has 0 saturated heterocycles. The van der Waals surface area contributed by atoms with Crippen LogP contribution >= 0.6 is 0 Å². The molecule has 0 aliphatic rings. The standard InChI is InChI=1S/C15H25NO2.C14H14O3/c1-6-15(17,12(2)11-16(3)4)13-8-7-9-14(10-13)18-5;1-9(14(15)16)10-3-4-12-8-13(17-2)6-5-11(12)7-10/h7-10,12,17H,6,11H2,1-5H3;3-9H,1-2H3,(H,15,16)/t12-,15-;9-/m10/s1. The van der Waals surface area contributed by atoms with E-state index in [0.29, 0.717) is 6.42 Å². The topological polar surface area (TPSA) is 79.2 Å². The summed E-state index contributed by atoms with van der Waals surface area (Å²) < 4.78 is 10.4. The number of carboxylic acids is 1. The summed E-state index contributed by atoms with van der Waals surface area (Å²) in [4.78, 5) is 13.0. The van der Waals surface area contributed by atoms with Crippen molar-refractivity contribution in [2.24, 2.45) is 5.92 Å². The monoisotopic (exact) mass is 481 g/mol. The summed E-state index contributed by atoms with van der Waals surface area (Å²) in [7, 11) is 7.33. The molecule has 0 saturated carbocycles. The van der Waals surface area contributed by atoms with Crippen LogP contribution in [-0.2, 0) is 10.4 Å². The Morgan fingerprint density at radius 3 is 2.11 bits per heavy atom. The largest absolute Gasteiger partial charge is 0.497 e. The molecule has 0 heterocycles. The van der Waals surface area contributed by atoms with E-state index >= 15 is 0 Å². The van der Waals surface area contributed by atoms with Gasteiger partial charge in [-0.15, -0.1) is 0 Å². The van der Waals surface area contributed by atoms with E-state index in [-0.39, 0.29) is 5.92 Å². The highest BCUT2D eigenvalue weighted by atomic mass is 16.5. The van der Waals surface area contributed by atoms with Gasteiger partial charge in [-0.25, -0.2) is 0 Å². The summed E-state index contributed by atoms with van der Waals surface area (Å²) in [6.45, 7) is 6.64. The zero-order valence-electron chi connectivity index (χ0n) is 21.9. The minimum atomic E-state index is -0.808. The van der Waals surface area contributed by atoms with Gasteiger partial charge in [-0.3, -0.25) is 4.79 Å². The lowest BCUT2D eigenvalue weighted by Crippen LogP contribution is -2.38. The van der Waals surface area contributed by atoms with Gasteiger partial charge in [-0.05, 0) is 73.6 Å². The van der Waals surface area contributed by atoms with Gasteiger partial charge in [-0.2, -0.15) is 0 Å². The first-order chi connectivity index (χ1) is 16.5. The molecule has 6 heteroatoms. The van der Waals surface area contributed by atoms with Crippen LogP contribution in [0.15, 0.2) is 60.7 Å². The lowest BCUT2D eigenvalue weighted by Gasteiger charge is -2.35. The number of hydrogen-bond donors (Lipinski definition) is 2. The fourth-order valence-corrected chi connectivity index (χ4v) is 4.21. The van der Waals surface area contributed by atoms with Crippen LogP contribution in [0.1, 0.15) is 44.2 Å². The van der Waals surface area contributed by atoms with Gasteiger partial charge in [0.05, 0.1) is 25.7 Å². The third kappa shape index (κ3) is 7.20. The molecule has 0 unspecified atom stereocenters. The molecule has 6 nitrogen and oxygen atoms in total. The van der Waals surface area contributed by atoms with Crippen LogP contribution in [0.4, 0.5) is 0 Å². The highest BCUT2D eigenvalue weighted by Crippen LogP contribution is 2.35. The van der Waals surface area contributed by atoms with Crippen LogP contribution < -0.4 is 9.47 Å². The third-order valence-corrected chi connectivity index (χ3v) is 6.50. The van der Waals surface area contributed by atoms with E-state index in [9.17, 15) is 9.90 Å². The van der Waals surface area contributed by atoms with E-state index in [4.69, 9.17) is 14.6 Å². The fraction of sp³-hybridized carbons (Fsp3) is 0.414. The van der Waals surface area contributed by atoms with Gasteiger partial charge in [0.2, 0.25) is 0 Å². The Bertz CT molecular complexity index is 1110. The summed E-state index contributed by atoms with van der Waals surface area (Å²) >= 11 is 0. The maximum Gasteiger partial charge on any atom is 0.310 e. The molecule has 190 valence electrons. The van der Waals surface area contributed by atoms with Crippen molar-refractivity contribution in [3.8, 4) is 11.5 Å². The van der Waals surface area contributed by atoms with Crippen molar-refractivity contribution in [2.45, 2.75) is 38.7 Å². The second-order valence-corrected chi connectivity index (χ2v) is 9.21. The molecule has 3 atom stereocenters. The zero-order chi connectivity index (χ0) is 26.2. The van der Waals surface area contributed by atoms with Gasteiger partial charge in [0.1, 0.15) is 11.5 Å². The maximum atomic E-state index is 10.9. The maximum absolute atomic E-state index is 10.9. The fourth-order valence-electron chi connectivity index (χ4n) is 4.21. The van der Waals surface area contributed by atoms with Gasteiger partial charge in [0.15, 0.2) is 0 Å². The van der Waals surface area contributed by atoms with Crippen molar-refractivity contribution >= 4 is 16.7 Å². The normalized spacial score (nSPS) is 14.4. The van der Waals surface area contributed by atoms with Crippen LogP contribution in [0, 0.1) is 5.92 Å². The first-order valence-electron chi connectivity index (χ1n) is 11.9. The molecule has 3 aromatic rings. The van der Waals surface area contributed by atoms with Crippen LogP contribution in [0.5, 0.6) is 11.5 Å². The second kappa shape index (κ2) is 12.6. The molecule has 2 N–H and O–H groups in total. The number of nitrogens with zero attached hydrogens (tertiary/aromatic N) is 1. The Hall–Kier alpha value is -3.09. The van der Waals surface area contributed by atoms with E-state index in [1.807, 2.05) is 81.7 Å². The molecule has 0 aromatic heterocycles. The number of aliphatic hydroxyl groups is 1. The van der Waals surface area contributed by atoms with E-state index in [2.05, 4.69) is 11.8 Å². The molecule has 0 spiro atoms. The number of rotatable bonds is 9. The molecule has 3 aromatic carbocycles. The predicted octanol–water partition coefficient (Wildman–Crippen LogP) is 5.53. The van der Waals surface area contributed by atoms with Gasteiger partial charge in [-0.1, -0.05) is 50.2 Å². The zero-order valence-corrected chi connectivity index (χ0v) is 21.9. The molecule has 0 radical (unpaired) electrons. The summed E-state index contributed by atoms with van der Waals surface area (Å²) in [6.07, 6.45) is 0.690. The molecular formula is C29H39NO5. The Kier molecular flexibility index (Phi) is 10.1. The number of carboxylic acid groups (broad SMARTS) is 1.